The highest BCUT2D eigenvalue weighted by Crippen LogP contribution is 2.10. The van der Waals surface area contributed by atoms with E-state index >= 15 is 0 Å². The van der Waals surface area contributed by atoms with Crippen LogP contribution in [0.25, 0.3) is 0 Å². The molecule has 0 aliphatic heterocycles. The number of hydrogen-bond donors (Lipinski definition) is 2. The first kappa shape index (κ1) is 23.6. The Bertz CT molecular complexity index is 461. The monoisotopic (exact) mass is 393 g/mol. The zero-order valence-corrected chi connectivity index (χ0v) is 16.3. The second-order valence-electron chi connectivity index (χ2n) is 4.98. The molecule has 25 heavy (non-hydrogen) atoms. The van der Waals surface area contributed by atoms with Gasteiger partial charge in [-0.15, -0.1) is 0 Å². The third-order valence-corrected chi connectivity index (χ3v) is 4.35. The maximum absolute atomic E-state index is 11.7. The van der Waals surface area contributed by atoms with Crippen molar-refractivity contribution in [2.24, 2.45) is 0 Å². The van der Waals surface area contributed by atoms with Gasteiger partial charge < -0.3 is 32.3 Å². The topological polar surface area (TPSA) is 111 Å². The van der Waals surface area contributed by atoms with Crippen molar-refractivity contribution in [3.05, 3.63) is 0 Å². The molecule has 10 heteroatoms. The van der Waals surface area contributed by atoms with Crippen molar-refractivity contribution < 1.29 is 28.7 Å². The molecule has 2 amide bonds. The van der Waals surface area contributed by atoms with Crippen molar-refractivity contribution >= 4 is 48.3 Å². The molecule has 0 saturated carbocycles. The number of carbonyl (C=O) groups excluding carboxylic acids is 4. The Kier molecular flexibility index (Phi) is 13.0. The van der Waals surface area contributed by atoms with Crippen molar-refractivity contribution in [3.8, 4) is 0 Å². The van der Waals surface area contributed by atoms with Gasteiger partial charge in [0.2, 0.25) is 11.8 Å². The average molecular weight is 394 g/mol. The Labute approximate surface area is 157 Å². The zero-order valence-electron chi connectivity index (χ0n) is 14.7. The Balaban J connectivity index is 4.59. The molecule has 0 aromatic carbocycles. The first-order chi connectivity index (χ1) is 11.9. The van der Waals surface area contributed by atoms with E-state index in [1.165, 1.54) is 11.8 Å². The van der Waals surface area contributed by atoms with Crippen LogP contribution in [0.3, 0.4) is 0 Å². The maximum Gasteiger partial charge on any atom is 0.305 e. The Morgan fingerprint density at radius 1 is 1.00 bits per heavy atom. The molecule has 0 aromatic rings. The standard InChI is InChI=1S/C15H25N2O6S2/c1-4-12(18)16-11(15(21)17-24)9-25-8-10(23-14(20)6-3)7-22-13(19)5-2/h10-11H,4-9H2,1-3H3,(H2-,16,17,18,21,24)/q-1/t10?,11-/m0/s1. The summed E-state index contributed by atoms with van der Waals surface area (Å²) < 4.78 is 12.3. The molecule has 0 aliphatic rings. The summed E-state index contributed by atoms with van der Waals surface area (Å²) in [7, 11) is 0. The van der Waals surface area contributed by atoms with E-state index in [1.54, 1.807) is 20.8 Å². The first-order valence-electron chi connectivity index (χ1n) is 8.01. The highest BCUT2D eigenvalue weighted by Gasteiger charge is 2.20. The fourth-order valence-corrected chi connectivity index (χ4v) is 2.72. The fourth-order valence-electron chi connectivity index (χ4n) is 1.54. The van der Waals surface area contributed by atoms with Gasteiger partial charge in [0, 0.05) is 30.8 Å². The summed E-state index contributed by atoms with van der Waals surface area (Å²) in [6, 6.07) is -0.782. The van der Waals surface area contributed by atoms with Crippen LogP contribution in [0.1, 0.15) is 40.0 Å². The lowest BCUT2D eigenvalue weighted by atomic mass is 10.3. The number of hydrogen-bond acceptors (Lipinski definition) is 8. The van der Waals surface area contributed by atoms with Gasteiger partial charge in [-0.2, -0.15) is 11.8 Å². The first-order valence-corrected chi connectivity index (χ1v) is 9.58. The van der Waals surface area contributed by atoms with E-state index in [2.05, 4.69) is 22.9 Å². The molecule has 0 rings (SSSR count). The van der Waals surface area contributed by atoms with Crippen LogP contribution >= 0.6 is 11.8 Å². The summed E-state index contributed by atoms with van der Waals surface area (Å²) in [6.07, 6.45) is 0.0552. The molecule has 0 radical (unpaired) electrons. The molecule has 144 valence electrons. The van der Waals surface area contributed by atoms with E-state index in [1.807, 2.05) is 0 Å². The fraction of sp³-hybridized carbons (Fsp3) is 0.733. The SMILES string of the molecule is CCC(=O)N[C@@H](CSCC(COC(=O)CC)OC(=O)CC)C(=O)N[S-]. The number of ether oxygens (including phenoxy) is 2. The Hall–Kier alpha value is -1.42. The normalized spacial score (nSPS) is 12.6. The van der Waals surface area contributed by atoms with Crippen molar-refractivity contribution in [2.75, 3.05) is 18.1 Å². The number of esters is 2. The minimum Gasteiger partial charge on any atom is -0.668 e. The van der Waals surface area contributed by atoms with Crippen molar-refractivity contribution in [1.29, 1.82) is 0 Å². The van der Waals surface area contributed by atoms with E-state index in [9.17, 15) is 19.2 Å². The van der Waals surface area contributed by atoms with Crippen LogP contribution in [-0.4, -0.2) is 54.0 Å². The van der Waals surface area contributed by atoms with Crippen molar-refractivity contribution in [3.63, 3.8) is 0 Å². The molecule has 0 saturated heterocycles. The van der Waals surface area contributed by atoms with Crippen LogP contribution in [-0.2, 0) is 41.5 Å². The summed E-state index contributed by atoms with van der Waals surface area (Å²) in [4.78, 5) is 45.9. The second-order valence-corrected chi connectivity index (χ2v) is 6.26. The minimum atomic E-state index is -0.782. The van der Waals surface area contributed by atoms with Crippen LogP contribution in [0, 0.1) is 0 Å². The Morgan fingerprint density at radius 2 is 1.64 bits per heavy atom. The lowest BCUT2D eigenvalue weighted by Crippen LogP contribution is -2.47. The van der Waals surface area contributed by atoms with Gasteiger partial charge in [0.05, 0.1) is 0 Å². The summed E-state index contributed by atoms with van der Waals surface area (Å²) in [5.41, 5.74) is 0. The molecule has 0 aliphatic carbocycles. The summed E-state index contributed by atoms with van der Waals surface area (Å²) >= 11 is 5.80. The highest BCUT2D eigenvalue weighted by atomic mass is 32.2. The maximum atomic E-state index is 11.7. The second kappa shape index (κ2) is 13.8. The molecule has 0 fully saturated rings. The molecule has 0 spiro atoms. The third-order valence-electron chi connectivity index (χ3n) is 2.97. The van der Waals surface area contributed by atoms with Gasteiger partial charge >= 0.3 is 11.9 Å². The summed E-state index contributed by atoms with van der Waals surface area (Å²) in [5, 5.41) is 2.57. The van der Waals surface area contributed by atoms with Crippen LogP contribution in [0.2, 0.25) is 0 Å². The molecule has 0 aromatic heterocycles. The predicted octanol–water partition coefficient (Wildman–Crippen LogP) is 0.468. The van der Waals surface area contributed by atoms with Gasteiger partial charge in [-0.05, 0) is 0 Å². The number of carbonyl (C=O) groups is 4. The third kappa shape index (κ3) is 10.9. The quantitative estimate of drug-likeness (QED) is 0.364. The molecular formula is C15H25N2O6S2-. The molecule has 2 atom stereocenters. The summed E-state index contributed by atoms with van der Waals surface area (Å²) in [5.74, 6) is -0.987. The molecule has 8 nitrogen and oxygen atoms in total. The molecule has 2 N–H and O–H groups in total. The van der Waals surface area contributed by atoms with Gasteiger partial charge in [0.15, 0.2) is 0 Å². The number of rotatable bonds is 12. The highest BCUT2D eigenvalue weighted by molar-refractivity contribution is 7.99. The lowest BCUT2D eigenvalue weighted by Gasteiger charge is -2.22. The van der Waals surface area contributed by atoms with Crippen LogP contribution in [0.4, 0.5) is 0 Å². The van der Waals surface area contributed by atoms with Crippen LogP contribution in [0.5, 0.6) is 0 Å². The number of amides is 2. The molecule has 1 unspecified atom stereocenters. The van der Waals surface area contributed by atoms with E-state index in [0.29, 0.717) is 5.75 Å². The van der Waals surface area contributed by atoms with E-state index < -0.39 is 24.0 Å². The van der Waals surface area contributed by atoms with Crippen molar-refractivity contribution in [1.82, 2.24) is 10.0 Å². The van der Waals surface area contributed by atoms with Gasteiger partial charge in [0.25, 0.3) is 0 Å². The number of nitrogens with one attached hydrogen (secondary N) is 2. The van der Waals surface area contributed by atoms with Gasteiger partial charge in [-0.3, -0.25) is 19.2 Å². The largest absolute Gasteiger partial charge is 0.668 e. The predicted molar refractivity (Wildman–Crippen MR) is 96.5 cm³/mol. The van der Waals surface area contributed by atoms with Gasteiger partial charge in [-0.25, -0.2) is 0 Å². The van der Waals surface area contributed by atoms with Gasteiger partial charge in [0.1, 0.15) is 18.8 Å². The van der Waals surface area contributed by atoms with Crippen LogP contribution in [0.15, 0.2) is 0 Å². The summed E-state index contributed by atoms with van der Waals surface area (Å²) in [6.45, 7) is 4.95. The van der Waals surface area contributed by atoms with Gasteiger partial charge in [-0.1, -0.05) is 20.8 Å². The molecule has 0 bridgehead atoms. The van der Waals surface area contributed by atoms with E-state index in [0.717, 1.165) is 0 Å². The smallest absolute Gasteiger partial charge is 0.305 e. The van der Waals surface area contributed by atoms with E-state index in [4.69, 9.17) is 9.47 Å². The van der Waals surface area contributed by atoms with E-state index in [-0.39, 0.29) is 43.5 Å². The Morgan fingerprint density at radius 3 is 2.16 bits per heavy atom. The van der Waals surface area contributed by atoms with Crippen LogP contribution < -0.4 is 10.0 Å². The average Bonchev–Trinajstić information content (AvgIpc) is 2.63. The molecule has 0 heterocycles. The van der Waals surface area contributed by atoms with Crippen molar-refractivity contribution in [2.45, 2.75) is 52.2 Å². The number of thioether (sulfide) groups is 1. The molecular weight excluding hydrogens is 368 g/mol. The minimum absolute atomic E-state index is 0.0510. The lowest BCUT2D eigenvalue weighted by molar-refractivity contribution is -0.157. The zero-order chi connectivity index (χ0) is 19.2.